The van der Waals surface area contributed by atoms with Crippen LogP contribution < -0.4 is 0 Å². The van der Waals surface area contributed by atoms with Crippen LogP contribution in [0, 0.1) is 0 Å². The molecule has 2 N–H and O–H groups in total. The molecule has 0 heterocycles. The Morgan fingerprint density at radius 2 is 1.85 bits per heavy atom. The van der Waals surface area contributed by atoms with Crippen LogP contribution in [0.4, 0.5) is 9.59 Å². The third kappa shape index (κ3) is 2.94. The number of amidine groups is 1. The zero-order valence-electron chi connectivity index (χ0n) is 7.51. The minimum absolute atomic E-state index is 0.139. The molecule has 0 aliphatic rings. The SMILES string of the molecule is CSC(N(C)C(=O)O)=[N+](C)C(=O)O. The summed E-state index contributed by atoms with van der Waals surface area (Å²) >= 11 is 1.05. The summed E-state index contributed by atoms with van der Waals surface area (Å²) in [5.74, 6) is 0. The third-order valence-corrected chi connectivity index (χ3v) is 2.24. The van der Waals surface area contributed by atoms with Crippen molar-refractivity contribution in [1.29, 1.82) is 0 Å². The highest BCUT2D eigenvalue weighted by molar-refractivity contribution is 8.13. The van der Waals surface area contributed by atoms with E-state index in [1.807, 2.05) is 0 Å². The molecule has 0 radical (unpaired) electrons. The van der Waals surface area contributed by atoms with E-state index in [-0.39, 0.29) is 5.17 Å². The van der Waals surface area contributed by atoms with Gasteiger partial charge in [-0.3, -0.25) is 0 Å². The van der Waals surface area contributed by atoms with Crippen molar-refractivity contribution in [3.05, 3.63) is 0 Å². The lowest BCUT2D eigenvalue weighted by Crippen LogP contribution is -2.37. The van der Waals surface area contributed by atoms with Gasteiger partial charge in [0.15, 0.2) is 0 Å². The van der Waals surface area contributed by atoms with Crippen LogP contribution >= 0.6 is 11.8 Å². The van der Waals surface area contributed by atoms with Crippen molar-refractivity contribution in [1.82, 2.24) is 4.90 Å². The summed E-state index contributed by atoms with van der Waals surface area (Å²) in [6.07, 6.45) is -0.788. The second-order valence-electron chi connectivity index (χ2n) is 2.17. The number of carboxylic acid groups (broad SMARTS) is 2. The molecular weight excluding hydrogens is 196 g/mol. The zero-order valence-corrected chi connectivity index (χ0v) is 8.33. The number of rotatable bonds is 0. The van der Waals surface area contributed by atoms with Gasteiger partial charge in [-0.2, -0.15) is 19.1 Å². The third-order valence-electron chi connectivity index (χ3n) is 1.33. The lowest BCUT2D eigenvalue weighted by atomic mass is 10.8. The van der Waals surface area contributed by atoms with Gasteiger partial charge in [-0.05, 0) is 18.0 Å². The van der Waals surface area contributed by atoms with Gasteiger partial charge < -0.3 is 10.2 Å². The van der Waals surface area contributed by atoms with Crippen LogP contribution in [0.2, 0.25) is 0 Å². The number of hydrogen-bond donors (Lipinski definition) is 2. The fraction of sp³-hybridized carbons (Fsp3) is 0.500. The van der Waals surface area contributed by atoms with Crippen LogP contribution in [0.25, 0.3) is 0 Å². The summed E-state index contributed by atoms with van der Waals surface area (Å²) < 4.78 is 0.846. The van der Waals surface area contributed by atoms with E-state index in [9.17, 15) is 9.59 Å². The number of hydrogen-bond acceptors (Lipinski definition) is 3. The van der Waals surface area contributed by atoms with E-state index in [0.717, 1.165) is 21.2 Å². The van der Waals surface area contributed by atoms with Crippen molar-refractivity contribution in [2.24, 2.45) is 0 Å². The summed E-state index contributed by atoms with van der Waals surface area (Å²) in [7, 11) is 2.57. The first-order valence-electron chi connectivity index (χ1n) is 3.26. The maximum atomic E-state index is 10.5. The maximum absolute atomic E-state index is 10.5. The van der Waals surface area contributed by atoms with Crippen molar-refractivity contribution < 1.29 is 24.4 Å². The second kappa shape index (κ2) is 4.70. The van der Waals surface area contributed by atoms with E-state index in [0.29, 0.717) is 0 Å². The van der Waals surface area contributed by atoms with Crippen LogP contribution in [0.1, 0.15) is 0 Å². The topological polar surface area (TPSA) is 80.9 Å². The van der Waals surface area contributed by atoms with Crippen LogP contribution in [-0.2, 0) is 0 Å². The molecule has 0 saturated carbocycles. The summed E-state index contributed by atoms with van der Waals surface area (Å²) in [6.45, 7) is 0. The van der Waals surface area contributed by atoms with Gasteiger partial charge in [0.2, 0.25) is 0 Å². The van der Waals surface area contributed by atoms with Gasteiger partial charge in [0.05, 0.1) is 14.1 Å². The molecule has 0 aromatic heterocycles. The van der Waals surface area contributed by atoms with Crippen LogP contribution in [-0.4, -0.2) is 57.4 Å². The van der Waals surface area contributed by atoms with E-state index >= 15 is 0 Å². The molecule has 0 rings (SSSR count). The average Bonchev–Trinajstić information content (AvgIpc) is 2.04. The normalized spacial score (nSPS) is 11.9. The number of nitrogens with zero attached hydrogens (tertiary/aromatic N) is 2. The molecular formula is C6H11N2O4S+. The van der Waals surface area contributed by atoms with E-state index < -0.39 is 12.2 Å². The first-order chi connectivity index (χ1) is 5.91. The maximum Gasteiger partial charge on any atom is 0.504 e. The number of carbonyl (C=O) groups is 2. The Labute approximate surface area is 79.5 Å². The molecule has 2 amide bonds. The van der Waals surface area contributed by atoms with Gasteiger partial charge in [-0.25, -0.2) is 0 Å². The minimum atomic E-state index is -1.20. The zero-order chi connectivity index (χ0) is 10.6. The molecule has 0 aliphatic carbocycles. The minimum Gasteiger partial charge on any atom is -0.447 e. The van der Waals surface area contributed by atoms with Gasteiger partial charge in [0.1, 0.15) is 0 Å². The predicted molar refractivity (Wildman–Crippen MR) is 48.5 cm³/mol. The standard InChI is InChI=1S/C6H10N2O4S/c1-7(5(9)10)4(13-3)8(2)6(11)12/h1-3H3,(H-,9,10,11,12)/p+1. The fourth-order valence-corrected chi connectivity index (χ4v) is 1.37. The molecule has 7 heteroatoms. The molecule has 0 spiro atoms. The van der Waals surface area contributed by atoms with Crippen molar-refractivity contribution in [2.75, 3.05) is 20.4 Å². The molecule has 74 valence electrons. The largest absolute Gasteiger partial charge is 0.504 e. The summed E-state index contributed by atoms with van der Waals surface area (Å²) in [5, 5.41) is 17.3. The molecule has 0 aromatic carbocycles. The highest BCUT2D eigenvalue weighted by Crippen LogP contribution is 2.02. The lowest BCUT2D eigenvalue weighted by Gasteiger charge is -2.07. The monoisotopic (exact) mass is 207 g/mol. The fourth-order valence-electron chi connectivity index (χ4n) is 0.663. The van der Waals surface area contributed by atoms with E-state index in [1.165, 1.54) is 14.1 Å². The van der Waals surface area contributed by atoms with Crippen LogP contribution in [0.15, 0.2) is 0 Å². The molecule has 0 aromatic rings. The smallest absolute Gasteiger partial charge is 0.447 e. The lowest BCUT2D eigenvalue weighted by molar-refractivity contribution is -0.412. The van der Waals surface area contributed by atoms with Gasteiger partial charge in [0, 0.05) is 0 Å². The Hall–Kier alpha value is -1.24. The first-order valence-corrected chi connectivity index (χ1v) is 4.48. The molecule has 0 aliphatic heterocycles. The number of thioether (sulfide) groups is 1. The summed E-state index contributed by atoms with van der Waals surface area (Å²) in [4.78, 5) is 21.8. The van der Waals surface area contributed by atoms with Gasteiger partial charge in [-0.1, -0.05) is 0 Å². The molecule has 0 fully saturated rings. The highest BCUT2D eigenvalue weighted by Gasteiger charge is 2.26. The van der Waals surface area contributed by atoms with Gasteiger partial charge in [-0.15, -0.1) is 0 Å². The van der Waals surface area contributed by atoms with E-state index in [4.69, 9.17) is 10.2 Å². The molecule has 0 bridgehead atoms. The molecule has 0 unspecified atom stereocenters. The van der Waals surface area contributed by atoms with Crippen LogP contribution in [0.5, 0.6) is 0 Å². The Morgan fingerprint density at radius 1 is 1.38 bits per heavy atom. The van der Waals surface area contributed by atoms with E-state index in [2.05, 4.69) is 0 Å². The molecule has 0 atom stereocenters. The van der Waals surface area contributed by atoms with Crippen molar-refractivity contribution in [2.45, 2.75) is 0 Å². The Balaban J connectivity index is 4.98. The average molecular weight is 207 g/mol. The van der Waals surface area contributed by atoms with Gasteiger partial charge in [0.25, 0.3) is 0 Å². The summed E-state index contributed by atoms with van der Waals surface area (Å²) in [6, 6.07) is 0. The molecule has 0 saturated heterocycles. The van der Waals surface area contributed by atoms with Crippen LogP contribution in [0.3, 0.4) is 0 Å². The molecule has 13 heavy (non-hydrogen) atoms. The van der Waals surface area contributed by atoms with Crippen molar-refractivity contribution in [3.8, 4) is 0 Å². The Morgan fingerprint density at radius 3 is 2.08 bits per heavy atom. The van der Waals surface area contributed by atoms with Crippen molar-refractivity contribution in [3.63, 3.8) is 0 Å². The predicted octanol–water partition coefficient (Wildman–Crippen LogP) is 0.636. The Kier molecular flexibility index (Phi) is 4.26. The quantitative estimate of drug-likeness (QED) is 0.346. The summed E-state index contributed by atoms with van der Waals surface area (Å²) in [5.41, 5.74) is 0. The second-order valence-corrected chi connectivity index (χ2v) is 2.94. The first kappa shape index (κ1) is 11.8. The number of amides is 2. The Bertz CT molecular complexity index is 263. The van der Waals surface area contributed by atoms with Gasteiger partial charge >= 0.3 is 17.4 Å². The van der Waals surface area contributed by atoms with E-state index in [1.54, 1.807) is 6.26 Å². The molecule has 6 nitrogen and oxygen atoms in total. The highest BCUT2D eigenvalue weighted by atomic mass is 32.2. The van der Waals surface area contributed by atoms with Crippen molar-refractivity contribution >= 4 is 29.1 Å².